The summed E-state index contributed by atoms with van der Waals surface area (Å²) in [6.45, 7) is 3.78. The number of nitrogens with zero attached hydrogens (tertiary/aromatic N) is 2. The van der Waals surface area contributed by atoms with Crippen LogP contribution in [0.4, 0.5) is 0 Å². The SMILES string of the molecule is CCc1ncnc(C)c1C=O. The molecule has 3 nitrogen and oxygen atoms in total. The molecule has 0 spiro atoms. The second-order valence-electron chi connectivity index (χ2n) is 2.29. The van der Waals surface area contributed by atoms with Crippen LogP contribution < -0.4 is 0 Å². The van der Waals surface area contributed by atoms with Crippen molar-refractivity contribution in [1.82, 2.24) is 9.97 Å². The van der Waals surface area contributed by atoms with Crippen molar-refractivity contribution in [2.24, 2.45) is 0 Å². The van der Waals surface area contributed by atoms with Gasteiger partial charge in [0.2, 0.25) is 0 Å². The van der Waals surface area contributed by atoms with Gasteiger partial charge in [-0.25, -0.2) is 9.97 Å². The molecule has 0 aliphatic carbocycles. The molecule has 0 aromatic carbocycles. The van der Waals surface area contributed by atoms with Crippen LogP contribution in [0.3, 0.4) is 0 Å². The van der Waals surface area contributed by atoms with Gasteiger partial charge in [0.1, 0.15) is 6.33 Å². The number of rotatable bonds is 2. The fourth-order valence-corrected chi connectivity index (χ4v) is 0.968. The van der Waals surface area contributed by atoms with Crippen LogP contribution in [0.15, 0.2) is 6.33 Å². The highest BCUT2D eigenvalue weighted by Crippen LogP contribution is 2.05. The van der Waals surface area contributed by atoms with E-state index in [2.05, 4.69) is 9.97 Å². The first-order chi connectivity index (χ1) is 5.29. The molecule has 3 heteroatoms. The van der Waals surface area contributed by atoms with Crippen LogP contribution in [-0.2, 0) is 6.42 Å². The van der Waals surface area contributed by atoms with E-state index in [1.807, 2.05) is 13.8 Å². The van der Waals surface area contributed by atoms with Crippen molar-refractivity contribution in [3.8, 4) is 0 Å². The van der Waals surface area contributed by atoms with Crippen molar-refractivity contribution in [2.75, 3.05) is 0 Å². The van der Waals surface area contributed by atoms with Crippen LogP contribution in [0.25, 0.3) is 0 Å². The molecule has 1 aromatic rings. The van der Waals surface area contributed by atoms with Crippen molar-refractivity contribution < 1.29 is 4.79 Å². The Morgan fingerprint density at radius 1 is 1.55 bits per heavy atom. The summed E-state index contributed by atoms with van der Waals surface area (Å²) in [5.74, 6) is 0. The Balaban J connectivity index is 3.24. The average Bonchev–Trinajstić information content (AvgIpc) is 2.04. The molecule has 0 amide bonds. The van der Waals surface area contributed by atoms with Crippen LogP contribution in [-0.4, -0.2) is 16.3 Å². The van der Waals surface area contributed by atoms with Gasteiger partial charge >= 0.3 is 0 Å². The number of aromatic nitrogens is 2. The first-order valence-electron chi connectivity index (χ1n) is 3.55. The topological polar surface area (TPSA) is 42.9 Å². The first kappa shape index (κ1) is 7.85. The summed E-state index contributed by atoms with van der Waals surface area (Å²) in [6.07, 6.45) is 3.08. The van der Waals surface area contributed by atoms with E-state index in [0.717, 1.165) is 24.1 Å². The molecule has 0 atom stereocenters. The van der Waals surface area contributed by atoms with Gasteiger partial charge in [-0.15, -0.1) is 0 Å². The van der Waals surface area contributed by atoms with E-state index in [1.54, 1.807) is 0 Å². The second kappa shape index (κ2) is 3.23. The maximum absolute atomic E-state index is 10.5. The van der Waals surface area contributed by atoms with E-state index in [1.165, 1.54) is 6.33 Å². The molecule has 58 valence electrons. The average molecular weight is 150 g/mol. The third kappa shape index (κ3) is 1.42. The van der Waals surface area contributed by atoms with Gasteiger partial charge in [0, 0.05) is 0 Å². The summed E-state index contributed by atoms with van der Waals surface area (Å²) in [5.41, 5.74) is 2.22. The Bertz CT molecular complexity index is 271. The zero-order chi connectivity index (χ0) is 8.27. The van der Waals surface area contributed by atoms with Crippen molar-refractivity contribution in [2.45, 2.75) is 20.3 Å². The molecule has 1 rings (SSSR count). The lowest BCUT2D eigenvalue weighted by molar-refractivity contribution is 0.112. The number of aldehydes is 1. The largest absolute Gasteiger partial charge is 0.298 e. The maximum Gasteiger partial charge on any atom is 0.153 e. The van der Waals surface area contributed by atoms with E-state index in [0.29, 0.717) is 5.56 Å². The van der Waals surface area contributed by atoms with Crippen LogP contribution >= 0.6 is 0 Å². The van der Waals surface area contributed by atoms with Gasteiger partial charge in [-0.1, -0.05) is 6.92 Å². The molecule has 0 aliphatic heterocycles. The Morgan fingerprint density at radius 3 is 2.73 bits per heavy atom. The van der Waals surface area contributed by atoms with Crippen LogP contribution in [0, 0.1) is 6.92 Å². The van der Waals surface area contributed by atoms with E-state index < -0.39 is 0 Å². The fourth-order valence-electron chi connectivity index (χ4n) is 0.968. The lowest BCUT2D eigenvalue weighted by Crippen LogP contribution is -2.00. The van der Waals surface area contributed by atoms with E-state index >= 15 is 0 Å². The van der Waals surface area contributed by atoms with Crippen LogP contribution in [0.1, 0.15) is 28.7 Å². The van der Waals surface area contributed by atoms with Gasteiger partial charge in [-0.3, -0.25) is 4.79 Å². The van der Waals surface area contributed by atoms with Gasteiger partial charge in [0.05, 0.1) is 17.0 Å². The number of carbonyl (C=O) groups excluding carboxylic acids is 1. The highest BCUT2D eigenvalue weighted by atomic mass is 16.1. The summed E-state index contributed by atoms with van der Waals surface area (Å²) in [6, 6.07) is 0. The monoisotopic (exact) mass is 150 g/mol. The molecule has 0 N–H and O–H groups in total. The standard InChI is InChI=1S/C8H10N2O/c1-3-8-7(4-11)6(2)9-5-10-8/h4-5H,3H2,1-2H3. The number of hydrogen-bond donors (Lipinski definition) is 0. The van der Waals surface area contributed by atoms with Gasteiger partial charge in [0.15, 0.2) is 6.29 Å². The predicted octanol–water partition coefficient (Wildman–Crippen LogP) is 1.16. The van der Waals surface area contributed by atoms with E-state index in [9.17, 15) is 4.79 Å². The summed E-state index contributed by atoms with van der Waals surface area (Å²) in [7, 11) is 0. The molecule has 1 heterocycles. The smallest absolute Gasteiger partial charge is 0.153 e. The summed E-state index contributed by atoms with van der Waals surface area (Å²) >= 11 is 0. The number of aryl methyl sites for hydroxylation is 2. The molecule has 0 fully saturated rings. The Labute approximate surface area is 65.5 Å². The van der Waals surface area contributed by atoms with Crippen LogP contribution in [0.2, 0.25) is 0 Å². The first-order valence-corrected chi connectivity index (χ1v) is 3.55. The lowest BCUT2D eigenvalue weighted by atomic mass is 10.1. The second-order valence-corrected chi connectivity index (χ2v) is 2.29. The molecule has 0 bridgehead atoms. The van der Waals surface area contributed by atoms with Gasteiger partial charge < -0.3 is 0 Å². The minimum atomic E-state index is 0.634. The quantitative estimate of drug-likeness (QED) is 0.594. The minimum Gasteiger partial charge on any atom is -0.298 e. The van der Waals surface area contributed by atoms with Crippen molar-refractivity contribution in [3.05, 3.63) is 23.3 Å². The zero-order valence-electron chi connectivity index (χ0n) is 6.66. The fraction of sp³-hybridized carbons (Fsp3) is 0.375. The molecular weight excluding hydrogens is 140 g/mol. The number of hydrogen-bond acceptors (Lipinski definition) is 3. The molecule has 0 unspecified atom stereocenters. The zero-order valence-corrected chi connectivity index (χ0v) is 6.66. The molecule has 0 aliphatic rings. The van der Waals surface area contributed by atoms with Crippen molar-refractivity contribution >= 4 is 6.29 Å². The Hall–Kier alpha value is -1.25. The third-order valence-electron chi connectivity index (χ3n) is 1.62. The number of carbonyl (C=O) groups is 1. The predicted molar refractivity (Wildman–Crippen MR) is 41.5 cm³/mol. The Kier molecular flexibility index (Phi) is 2.31. The van der Waals surface area contributed by atoms with Crippen molar-refractivity contribution in [3.63, 3.8) is 0 Å². The molecule has 0 saturated carbocycles. The minimum absolute atomic E-state index is 0.634. The van der Waals surface area contributed by atoms with Gasteiger partial charge in [-0.2, -0.15) is 0 Å². The normalized spacial score (nSPS) is 9.64. The molecule has 0 saturated heterocycles. The highest BCUT2D eigenvalue weighted by Gasteiger charge is 2.03. The van der Waals surface area contributed by atoms with E-state index in [-0.39, 0.29) is 0 Å². The van der Waals surface area contributed by atoms with Gasteiger partial charge in [-0.05, 0) is 13.3 Å². The van der Waals surface area contributed by atoms with Crippen molar-refractivity contribution in [1.29, 1.82) is 0 Å². The third-order valence-corrected chi connectivity index (χ3v) is 1.62. The van der Waals surface area contributed by atoms with Crippen LogP contribution in [0.5, 0.6) is 0 Å². The van der Waals surface area contributed by atoms with Gasteiger partial charge in [0.25, 0.3) is 0 Å². The summed E-state index contributed by atoms with van der Waals surface area (Å²) in [5, 5.41) is 0. The van der Waals surface area contributed by atoms with E-state index in [4.69, 9.17) is 0 Å². The molecule has 1 aromatic heterocycles. The summed E-state index contributed by atoms with van der Waals surface area (Å²) in [4.78, 5) is 18.4. The summed E-state index contributed by atoms with van der Waals surface area (Å²) < 4.78 is 0. The maximum atomic E-state index is 10.5. The molecule has 11 heavy (non-hydrogen) atoms. The highest BCUT2D eigenvalue weighted by molar-refractivity contribution is 5.77. The lowest BCUT2D eigenvalue weighted by Gasteiger charge is -2.00. The molecule has 0 radical (unpaired) electrons. The molecular formula is C8H10N2O. The Morgan fingerprint density at radius 2 is 2.27 bits per heavy atom.